The molecule has 1 rings (SSSR count). The molecule has 0 radical (unpaired) electrons. The van der Waals surface area contributed by atoms with Gasteiger partial charge in [0.15, 0.2) is 0 Å². The normalized spacial score (nSPS) is 12.4. The Morgan fingerprint density at radius 2 is 1.82 bits per heavy atom. The lowest BCUT2D eigenvalue weighted by Gasteiger charge is -2.10. The van der Waals surface area contributed by atoms with E-state index in [0.29, 0.717) is 6.61 Å². The Labute approximate surface area is 103 Å². The van der Waals surface area contributed by atoms with Crippen molar-refractivity contribution in [3.05, 3.63) is 29.8 Å². The van der Waals surface area contributed by atoms with Crippen LogP contribution in [0.2, 0.25) is 0 Å². The predicted octanol–water partition coefficient (Wildman–Crippen LogP) is 2.94. The number of aliphatic hydroxyl groups excluding tert-OH is 1. The smallest absolute Gasteiger partial charge is 0.119 e. The maximum atomic E-state index is 9.64. The van der Waals surface area contributed by atoms with Gasteiger partial charge in [-0.05, 0) is 31.0 Å². The van der Waals surface area contributed by atoms with Crippen molar-refractivity contribution in [3.63, 3.8) is 0 Å². The summed E-state index contributed by atoms with van der Waals surface area (Å²) < 4.78 is 10.8. The summed E-state index contributed by atoms with van der Waals surface area (Å²) in [5.74, 6) is 0.841. The van der Waals surface area contributed by atoms with Crippen LogP contribution in [-0.4, -0.2) is 24.9 Å². The molecule has 0 spiro atoms. The molecule has 0 aromatic heterocycles. The average molecular weight is 238 g/mol. The summed E-state index contributed by atoms with van der Waals surface area (Å²) in [6.45, 7) is 6.10. The fourth-order valence-corrected chi connectivity index (χ4v) is 1.52. The second-order valence-corrected chi connectivity index (χ2v) is 3.89. The van der Waals surface area contributed by atoms with Crippen LogP contribution in [0.1, 0.15) is 38.4 Å². The first kappa shape index (κ1) is 14.0. The van der Waals surface area contributed by atoms with Gasteiger partial charge in [0.25, 0.3) is 0 Å². The molecular formula is C14H22O3. The van der Waals surface area contributed by atoms with E-state index in [4.69, 9.17) is 9.47 Å². The van der Waals surface area contributed by atoms with Crippen molar-refractivity contribution < 1.29 is 14.6 Å². The molecule has 1 aromatic carbocycles. The third-order valence-electron chi connectivity index (χ3n) is 2.56. The Kier molecular flexibility index (Phi) is 6.67. The largest absolute Gasteiger partial charge is 0.494 e. The van der Waals surface area contributed by atoms with Crippen LogP contribution in [0.15, 0.2) is 24.3 Å². The Bertz CT molecular complexity index is 295. The standard InChI is InChI=1S/C14H22O3/c1-3-14(15)12-6-8-13(9-7-12)17-11-5-10-16-4-2/h6-9,14-15H,3-5,10-11H2,1-2H3. The third kappa shape index (κ3) is 5.20. The summed E-state index contributed by atoms with van der Waals surface area (Å²) in [6, 6.07) is 7.61. The topological polar surface area (TPSA) is 38.7 Å². The lowest BCUT2D eigenvalue weighted by atomic mass is 10.1. The minimum Gasteiger partial charge on any atom is -0.494 e. The molecule has 3 heteroatoms. The molecule has 0 saturated carbocycles. The Hall–Kier alpha value is -1.06. The summed E-state index contributed by atoms with van der Waals surface area (Å²) in [7, 11) is 0. The van der Waals surface area contributed by atoms with Crippen molar-refractivity contribution in [1.29, 1.82) is 0 Å². The van der Waals surface area contributed by atoms with E-state index in [9.17, 15) is 5.11 Å². The number of benzene rings is 1. The van der Waals surface area contributed by atoms with E-state index < -0.39 is 0 Å². The molecule has 0 heterocycles. The van der Waals surface area contributed by atoms with Crippen LogP contribution in [0.5, 0.6) is 5.75 Å². The molecule has 96 valence electrons. The second-order valence-electron chi connectivity index (χ2n) is 3.89. The van der Waals surface area contributed by atoms with Crippen LogP contribution in [-0.2, 0) is 4.74 Å². The third-order valence-corrected chi connectivity index (χ3v) is 2.56. The fourth-order valence-electron chi connectivity index (χ4n) is 1.52. The van der Waals surface area contributed by atoms with E-state index in [2.05, 4.69) is 0 Å². The first-order chi connectivity index (χ1) is 8.27. The molecule has 0 amide bonds. The summed E-state index contributed by atoms with van der Waals surface area (Å²) in [6.07, 6.45) is 1.25. The van der Waals surface area contributed by atoms with Crippen LogP contribution in [0.4, 0.5) is 0 Å². The van der Waals surface area contributed by atoms with Crippen LogP contribution in [0, 0.1) is 0 Å². The van der Waals surface area contributed by atoms with Crippen molar-refractivity contribution in [2.24, 2.45) is 0 Å². The monoisotopic (exact) mass is 238 g/mol. The zero-order valence-electron chi connectivity index (χ0n) is 10.7. The van der Waals surface area contributed by atoms with Gasteiger partial charge in [0.05, 0.1) is 12.7 Å². The predicted molar refractivity (Wildman–Crippen MR) is 68.3 cm³/mol. The maximum Gasteiger partial charge on any atom is 0.119 e. The van der Waals surface area contributed by atoms with Crippen LogP contribution in [0.25, 0.3) is 0 Å². The van der Waals surface area contributed by atoms with Crippen molar-refractivity contribution in [3.8, 4) is 5.75 Å². The van der Waals surface area contributed by atoms with E-state index >= 15 is 0 Å². The maximum absolute atomic E-state index is 9.64. The van der Waals surface area contributed by atoms with Crippen molar-refractivity contribution in [1.82, 2.24) is 0 Å². The Balaban J connectivity index is 2.30. The summed E-state index contributed by atoms with van der Waals surface area (Å²) in [4.78, 5) is 0. The van der Waals surface area contributed by atoms with Gasteiger partial charge in [0.2, 0.25) is 0 Å². The quantitative estimate of drug-likeness (QED) is 0.708. The molecule has 0 bridgehead atoms. The molecule has 3 nitrogen and oxygen atoms in total. The first-order valence-corrected chi connectivity index (χ1v) is 6.26. The lowest BCUT2D eigenvalue weighted by molar-refractivity contribution is 0.131. The highest BCUT2D eigenvalue weighted by Gasteiger charge is 2.04. The zero-order valence-corrected chi connectivity index (χ0v) is 10.7. The van der Waals surface area contributed by atoms with Gasteiger partial charge in [-0.1, -0.05) is 19.1 Å². The molecule has 0 aliphatic heterocycles. The highest BCUT2D eigenvalue weighted by molar-refractivity contribution is 5.28. The molecule has 17 heavy (non-hydrogen) atoms. The highest BCUT2D eigenvalue weighted by atomic mass is 16.5. The van der Waals surface area contributed by atoms with Gasteiger partial charge < -0.3 is 14.6 Å². The van der Waals surface area contributed by atoms with Crippen LogP contribution in [0.3, 0.4) is 0 Å². The van der Waals surface area contributed by atoms with Gasteiger partial charge in [-0.25, -0.2) is 0 Å². The number of rotatable bonds is 8. The van der Waals surface area contributed by atoms with Gasteiger partial charge in [0.1, 0.15) is 5.75 Å². The molecule has 1 unspecified atom stereocenters. The molecule has 0 aliphatic rings. The van der Waals surface area contributed by atoms with Crippen molar-refractivity contribution in [2.75, 3.05) is 19.8 Å². The minimum absolute atomic E-state index is 0.373. The van der Waals surface area contributed by atoms with Gasteiger partial charge in [-0.15, -0.1) is 0 Å². The second kappa shape index (κ2) is 8.09. The Morgan fingerprint density at radius 3 is 2.41 bits per heavy atom. The number of hydrogen-bond acceptors (Lipinski definition) is 3. The van der Waals surface area contributed by atoms with E-state index in [-0.39, 0.29) is 6.10 Å². The zero-order chi connectivity index (χ0) is 12.5. The SMILES string of the molecule is CCOCCCOc1ccc(C(O)CC)cc1. The molecule has 0 aliphatic carbocycles. The first-order valence-electron chi connectivity index (χ1n) is 6.26. The van der Waals surface area contributed by atoms with Crippen molar-refractivity contribution in [2.45, 2.75) is 32.8 Å². The minimum atomic E-state index is -0.373. The number of aliphatic hydroxyl groups is 1. The van der Waals surface area contributed by atoms with Crippen LogP contribution >= 0.6 is 0 Å². The van der Waals surface area contributed by atoms with Gasteiger partial charge in [-0.3, -0.25) is 0 Å². The van der Waals surface area contributed by atoms with E-state index in [0.717, 1.165) is 37.4 Å². The summed E-state index contributed by atoms with van der Waals surface area (Å²) in [5, 5.41) is 9.64. The molecule has 1 atom stereocenters. The average Bonchev–Trinajstić information content (AvgIpc) is 2.38. The van der Waals surface area contributed by atoms with E-state index in [1.165, 1.54) is 0 Å². The molecular weight excluding hydrogens is 216 g/mol. The van der Waals surface area contributed by atoms with Crippen LogP contribution < -0.4 is 4.74 Å². The molecule has 1 aromatic rings. The number of hydrogen-bond donors (Lipinski definition) is 1. The molecule has 0 fully saturated rings. The summed E-state index contributed by atoms with van der Waals surface area (Å²) in [5.41, 5.74) is 0.939. The highest BCUT2D eigenvalue weighted by Crippen LogP contribution is 2.19. The van der Waals surface area contributed by atoms with E-state index in [1.807, 2.05) is 38.1 Å². The van der Waals surface area contributed by atoms with Gasteiger partial charge in [0, 0.05) is 19.6 Å². The van der Waals surface area contributed by atoms with Gasteiger partial charge in [-0.2, -0.15) is 0 Å². The molecule has 0 saturated heterocycles. The lowest BCUT2D eigenvalue weighted by Crippen LogP contribution is -2.03. The summed E-state index contributed by atoms with van der Waals surface area (Å²) >= 11 is 0. The van der Waals surface area contributed by atoms with Gasteiger partial charge >= 0.3 is 0 Å². The van der Waals surface area contributed by atoms with E-state index in [1.54, 1.807) is 0 Å². The Morgan fingerprint density at radius 1 is 1.12 bits per heavy atom. The fraction of sp³-hybridized carbons (Fsp3) is 0.571. The van der Waals surface area contributed by atoms with Crippen molar-refractivity contribution >= 4 is 0 Å². The number of ether oxygens (including phenoxy) is 2. The molecule has 1 N–H and O–H groups in total.